The summed E-state index contributed by atoms with van der Waals surface area (Å²) >= 11 is 0. The van der Waals surface area contributed by atoms with Gasteiger partial charge in [-0.2, -0.15) is 0 Å². The molecule has 0 atom stereocenters. The molecule has 2 aromatic heterocycles. The molecule has 5 heteroatoms. The Labute approximate surface area is 157 Å². The Balaban J connectivity index is 1.53. The number of nitrogens with one attached hydrogen (secondary N) is 1. The maximum Gasteiger partial charge on any atom is 0.138 e. The van der Waals surface area contributed by atoms with Crippen molar-refractivity contribution in [1.29, 1.82) is 0 Å². The number of fused-ring (bicyclic) bond motifs is 2. The summed E-state index contributed by atoms with van der Waals surface area (Å²) in [5.74, 6) is 2.44. The summed E-state index contributed by atoms with van der Waals surface area (Å²) < 4.78 is 0. The predicted molar refractivity (Wildman–Crippen MR) is 109 cm³/mol. The van der Waals surface area contributed by atoms with Crippen LogP contribution in [0.1, 0.15) is 11.4 Å². The number of pyridine rings is 1. The lowest BCUT2D eigenvalue weighted by atomic mass is 10.2. The van der Waals surface area contributed by atoms with Gasteiger partial charge < -0.3 is 10.2 Å². The quantitative estimate of drug-likeness (QED) is 0.575. The average Bonchev–Trinajstić information content (AvgIpc) is 3.12. The van der Waals surface area contributed by atoms with Gasteiger partial charge >= 0.3 is 0 Å². The molecule has 1 N–H and O–H groups in total. The minimum atomic E-state index is 0.743. The second-order valence-electron chi connectivity index (χ2n) is 6.69. The molecule has 27 heavy (non-hydrogen) atoms. The average molecular weight is 353 g/mol. The Hall–Kier alpha value is -3.47. The first-order valence-electron chi connectivity index (χ1n) is 9.10. The Morgan fingerprint density at radius 3 is 2.81 bits per heavy atom. The highest BCUT2D eigenvalue weighted by molar-refractivity contribution is 5.91. The van der Waals surface area contributed by atoms with Gasteiger partial charge in [0.1, 0.15) is 17.5 Å². The normalized spacial score (nSPS) is 13.0. The molecule has 4 aromatic rings. The van der Waals surface area contributed by atoms with Crippen LogP contribution in [0.4, 0.5) is 23.0 Å². The lowest BCUT2D eigenvalue weighted by Crippen LogP contribution is -2.16. The number of hydrogen-bond acceptors (Lipinski definition) is 5. The Morgan fingerprint density at radius 2 is 1.85 bits per heavy atom. The van der Waals surface area contributed by atoms with E-state index >= 15 is 0 Å². The lowest BCUT2D eigenvalue weighted by Gasteiger charge is -2.19. The fraction of sp³-hybridized carbons (Fsp3) is 0.136. The first kappa shape index (κ1) is 15.8. The molecule has 0 bridgehead atoms. The van der Waals surface area contributed by atoms with Crippen LogP contribution in [-0.4, -0.2) is 21.5 Å². The van der Waals surface area contributed by atoms with Crippen molar-refractivity contribution < 1.29 is 0 Å². The summed E-state index contributed by atoms with van der Waals surface area (Å²) in [5, 5.41) is 4.53. The third-order valence-electron chi connectivity index (χ3n) is 4.88. The van der Waals surface area contributed by atoms with Crippen molar-refractivity contribution >= 4 is 33.9 Å². The summed E-state index contributed by atoms with van der Waals surface area (Å²) in [6.07, 6.45) is 2.85. The molecule has 0 radical (unpaired) electrons. The van der Waals surface area contributed by atoms with Gasteiger partial charge in [0.2, 0.25) is 0 Å². The predicted octanol–water partition coefficient (Wildman–Crippen LogP) is 4.77. The van der Waals surface area contributed by atoms with Crippen molar-refractivity contribution in [2.75, 3.05) is 16.8 Å². The molecule has 0 saturated heterocycles. The zero-order chi connectivity index (χ0) is 18.2. The molecule has 1 aliphatic rings. The summed E-state index contributed by atoms with van der Waals surface area (Å²) in [6, 6.07) is 20.6. The zero-order valence-electron chi connectivity index (χ0n) is 15.1. The van der Waals surface area contributed by atoms with E-state index in [9.17, 15) is 0 Å². The second kappa shape index (κ2) is 6.36. The van der Waals surface area contributed by atoms with Crippen LogP contribution in [0.3, 0.4) is 0 Å². The largest absolute Gasteiger partial charge is 0.338 e. The highest BCUT2D eigenvalue weighted by Gasteiger charge is 2.21. The van der Waals surface area contributed by atoms with Crippen molar-refractivity contribution in [3.8, 4) is 0 Å². The second-order valence-corrected chi connectivity index (χ2v) is 6.69. The minimum absolute atomic E-state index is 0.743. The molecule has 2 aromatic carbocycles. The number of anilines is 4. The standard InChI is InChI=1S/C22H19N5/c1-15-24-20(26-18-9-4-7-17-8-5-12-23-22(17)18)14-21(25-15)27-13-11-16-6-2-3-10-19(16)27/h2-10,12,14H,11,13H2,1H3,(H,24,25,26). The number of aryl methyl sites for hydroxylation is 1. The van der Waals surface area contributed by atoms with Crippen LogP contribution in [0.15, 0.2) is 66.9 Å². The van der Waals surface area contributed by atoms with E-state index in [0.29, 0.717) is 0 Å². The maximum absolute atomic E-state index is 4.68. The minimum Gasteiger partial charge on any atom is -0.338 e. The SMILES string of the molecule is Cc1nc(Nc2cccc3cccnc23)cc(N2CCc3ccccc32)n1. The van der Waals surface area contributed by atoms with E-state index < -0.39 is 0 Å². The number of nitrogens with zero attached hydrogens (tertiary/aromatic N) is 4. The Morgan fingerprint density at radius 1 is 0.963 bits per heavy atom. The van der Waals surface area contributed by atoms with Gasteiger partial charge in [-0.1, -0.05) is 36.4 Å². The summed E-state index contributed by atoms with van der Waals surface area (Å²) in [7, 11) is 0. The number of aromatic nitrogens is 3. The highest BCUT2D eigenvalue weighted by Crippen LogP contribution is 2.34. The molecule has 0 unspecified atom stereocenters. The molecule has 0 fully saturated rings. The highest BCUT2D eigenvalue weighted by atomic mass is 15.2. The van der Waals surface area contributed by atoms with E-state index in [2.05, 4.69) is 61.6 Å². The molecule has 3 heterocycles. The lowest BCUT2D eigenvalue weighted by molar-refractivity contribution is 0.947. The van der Waals surface area contributed by atoms with Crippen LogP contribution in [-0.2, 0) is 6.42 Å². The molecule has 5 rings (SSSR count). The van der Waals surface area contributed by atoms with E-state index in [1.807, 2.05) is 37.4 Å². The van der Waals surface area contributed by atoms with Crippen LogP contribution >= 0.6 is 0 Å². The van der Waals surface area contributed by atoms with Crippen LogP contribution in [0.2, 0.25) is 0 Å². The van der Waals surface area contributed by atoms with Crippen molar-refractivity contribution in [2.45, 2.75) is 13.3 Å². The topological polar surface area (TPSA) is 53.9 Å². The van der Waals surface area contributed by atoms with Crippen molar-refractivity contribution in [3.63, 3.8) is 0 Å². The van der Waals surface area contributed by atoms with E-state index in [0.717, 1.165) is 47.0 Å². The van der Waals surface area contributed by atoms with Gasteiger partial charge in [0.05, 0.1) is 11.2 Å². The van der Waals surface area contributed by atoms with Gasteiger partial charge in [0.15, 0.2) is 0 Å². The molecule has 0 aliphatic carbocycles. The van der Waals surface area contributed by atoms with E-state index in [1.54, 1.807) is 0 Å². The number of rotatable bonds is 3. The molecule has 132 valence electrons. The summed E-state index contributed by atoms with van der Waals surface area (Å²) in [4.78, 5) is 16.0. The third-order valence-corrected chi connectivity index (χ3v) is 4.88. The van der Waals surface area contributed by atoms with E-state index in [4.69, 9.17) is 0 Å². The first-order chi connectivity index (χ1) is 13.3. The summed E-state index contributed by atoms with van der Waals surface area (Å²) in [6.45, 7) is 2.86. The van der Waals surface area contributed by atoms with Gasteiger partial charge in [-0.25, -0.2) is 9.97 Å². The number of para-hydroxylation sites is 2. The molecule has 0 amide bonds. The molecule has 5 nitrogen and oxygen atoms in total. The van der Waals surface area contributed by atoms with Crippen LogP contribution in [0.25, 0.3) is 10.9 Å². The number of hydrogen-bond donors (Lipinski definition) is 1. The van der Waals surface area contributed by atoms with Gasteiger partial charge in [0.25, 0.3) is 0 Å². The Kier molecular flexibility index (Phi) is 3.71. The fourth-order valence-corrected chi connectivity index (χ4v) is 3.67. The monoisotopic (exact) mass is 353 g/mol. The fourth-order valence-electron chi connectivity index (χ4n) is 3.67. The van der Waals surface area contributed by atoms with Gasteiger partial charge in [-0.05, 0) is 37.1 Å². The summed E-state index contributed by atoms with van der Waals surface area (Å²) in [5.41, 5.74) is 4.47. The van der Waals surface area contributed by atoms with E-state index in [1.165, 1.54) is 11.3 Å². The Bertz CT molecular complexity index is 1130. The maximum atomic E-state index is 4.68. The van der Waals surface area contributed by atoms with Gasteiger partial charge in [-0.15, -0.1) is 0 Å². The first-order valence-corrected chi connectivity index (χ1v) is 9.10. The van der Waals surface area contributed by atoms with Crippen LogP contribution in [0.5, 0.6) is 0 Å². The van der Waals surface area contributed by atoms with E-state index in [-0.39, 0.29) is 0 Å². The zero-order valence-corrected chi connectivity index (χ0v) is 15.1. The smallest absolute Gasteiger partial charge is 0.138 e. The molecule has 0 spiro atoms. The molecule has 1 aliphatic heterocycles. The third kappa shape index (κ3) is 2.87. The van der Waals surface area contributed by atoms with Crippen molar-refractivity contribution in [1.82, 2.24) is 15.0 Å². The van der Waals surface area contributed by atoms with Crippen LogP contribution in [0, 0.1) is 6.92 Å². The molecular formula is C22H19N5. The molecule has 0 saturated carbocycles. The van der Waals surface area contributed by atoms with Gasteiger partial charge in [-0.3, -0.25) is 4.98 Å². The number of benzene rings is 2. The van der Waals surface area contributed by atoms with Crippen LogP contribution < -0.4 is 10.2 Å². The van der Waals surface area contributed by atoms with Gasteiger partial charge in [0, 0.05) is 29.9 Å². The van der Waals surface area contributed by atoms with Crippen molar-refractivity contribution in [2.24, 2.45) is 0 Å². The molecular weight excluding hydrogens is 334 g/mol. The van der Waals surface area contributed by atoms with Crippen molar-refractivity contribution in [3.05, 3.63) is 78.2 Å².